The Kier molecular flexibility index (Phi) is 9.42. The fraction of sp³-hybridized carbons (Fsp3) is 1.00. The standard InChI is InChI=1S/C13H28N2O3/c1-16-11-12-17-10-8-15-6-3-13(4-7-15)18-9-2-5-14/h13H,2-12,14H2,1H3. The fourth-order valence-corrected chi connectivity index (χ4v) is 2.07. The third-order valence-corrected chi connectivity index (χ3v) is 3.22. The molecule has 1 saturated heterocycles. The predicted molar refractivity (Wildman–Crippen MR) is 71.8 cm³/mol. The van der Waals surface area contributed by atoms with Crippen LogP contribution >= 0.6 is 0 Å². The van der Waals surface area contributed by atoms with Crippen LogP contribution in [-0.4, -0.2) is 70.7 Å². The highest BCUT2D eigenvalue weighted by Crippen LogP contribution is 2.13. The monoisotopic (exact) mass is 260 g/mol. The number of ether oxygens (including phenoxy) is 3. The Balaban J connectivity index is 1.94. The number of likely N-dealkylation sites (tertiary alicyclic amines) is 1. The van der Waals surface area contributed by atoms with Gasteiger partial charge in [-0.3, -0.25) is 0 Å². The second-order valence-electron chi connectivity index (χ2n) is 4.66. The van der Waals surface area contributed by atoms with Crippen LogP contribution in [0, 0.1) is 0 Å². The highest BCUT2D eigenvalue weighted by atomic mass is 16.5. The molecule has 18 heavy (non-hydrogen) atoms. The van der Waals surface area contributed by atoms with E-state index in [9.17, 15) is 0 Å². The van der Waals surface area contributed by atoms with Gasteiger partial charge in [0.2, 0.25) is 0 Å². The maximum atomic E-state index is 5.77. The molecule has 0 spiro atoms. The van der Waals surface area contributed by atoms with Crippen molar-refractivity contribution in [3.8, 4) is 0 Å². The molecule has 1 aliphatic heterocycles. The lowest BCUT2D eigenvalue weighted by atomic mass is 10.1. The Hall–Kier alpha value is -0.200. The zero-order chi connectivity index (χ0) is 13.1. The Morgan fingerprint density at radius 1 is 1.11 bits per heavy atom. The molecule has 0 aromatic carbocycles. The summed E-state index contributed by atoms with van der Waals surface area (Å²) in [4.78, 5) is 2.44. The summed E-state index contributed by atoms with van der Waals surface area (Å²) in [5.74, 6) is 0. The van der Waals surface area contributed by atoms with E-state index in [1.165, 1.54) is 0 Å². The summed E-state index contributed by atoms with van der Waals surface area (Å²) >= 11 is 0. The number of rotatable bonds is 10. The van der Waals surface area contributed by atoms with Crippen molar-refractivity contribution < 1.29 is 14.2 Å². The first kappa shape index (κ1) is 15.9. The van der Waals surface area contributed by atoms with E-state index in [0.29, 0.717) is 19.3 Å². The van der Waals surface area contributed by atoms with Gasteiger partial charge in [-0.25, -0.2) is 0 Å². The summed E-state index contributed by atoms with van der Waals surface area (Å²) in [6, 6.07) is 0. The summed E-state index contributed by atoms with van der Waals surface area (Å²) in [5, 5.41) is 0. The predicted octanol–water partition coefficient (Wildman–Crippen LogP) is 0.479. The van der Waals surface area contributed by atoms with E-state index in [-0.39, 0.29) is 0 Å². The van der Waals surface area contributed by atoms with Gasteiger partial charge in [0.15, 0.2) is 0 Å². The number of hydrogen-bond donors (Lipinski definition) is 1. The van der Waals surface area contributed by atoms with E-state index in [1.54, 1.807) is 7.11 Å². The van der Waals surface area contributed by atoms with Gasteiger partial charge in [-0.15, -0.1) is 0 Å². The Bertz CT molecular complexity index is 185. The highest BCUT2D eigenvalue weighted by Gasteiger charge is 2.18. The van der Waals surface area contributed by atoms with Crippen LogP contribution in [0.4, 0.5) is 0 Å². The molecule has 1 aliphatic rings. The van der Waals surface area contributed by atoms with E-state index in [1.807, 2.05) is 0 Å². The molecule has 0 amide bonds. The maximum absolute atomic E-state index is 5.77. The van der Waals surface area contributed by atoms with E-state index in [0.717, 1.165) is 58.7 Å². The summed E-state index contributed by atoms with van der Waals surface area (Å²) in [6.07, 6.45) is 3.65. The quantitative estimate of drug-likeness (QED) is 0.579. The fourth-order valence-electron chi connectivity index (χ4n) is 2.07. The largest absolute Gasteiger partial charge is 0.382 e. The lowest BCUT2D eigenvalue weighted by Gasteiger charge is -2.31. The molecule has 2 N–H and O–H groups in total. The van der Waals surface area contributed by atoms with Crippen molar-refractivity contribution in [2.75, 3.05) is 59.7 Å². The van der Waals surface area contributed by atoms with Gasteiger partial charge in [-0.2, -0.15) is 0 Å². The van der Waals surface area contributed by atoms with E-state index >= 15 is 0 Å². The lowest BCUT2D eigenvalue weighted by Crippen LogP contribution is -2.39. The average molecular weight is 260 g/mol. The molecular weight excluding hydrogens is 232 g/mol. The van der Waals surface area contributed by atoms with Crippen LogP contribution in [0.25, 0.3) is 0 Å². The van der Waals surface area contributed by atoms with Crippen molar-refractivity contribution in [1.82, 2.24) is 4.90 Å². The third-order valence-electron chi connectivity index (χ3n) is 3.22. The summed E-state index contributed by atoms with van der Waals surface area (Å²) in [5.41, 5.74) is 5.44. The molecule has 0 saturated carbocycles. The highest BCUT2D eigenvalue weighted by molar-refractivity contribution is 4.72. The SMILES string of the molecule is COCCOCCN1CCC(OCCCN)CC1. The van der Waals surface area contributed by atoms with Gasteiger partial charge in [0.1, 0.15) is 0 Å². The molecule has 1 rings (SSSR count). The summed E-state index contributed by atoms with van der Waals surface area (Å²) in [6.45, 7) is 6.92. The van der Waals surface area contributed by atoms with Gasteiger partial charge >= 0.3 is 0 Å². The molecule has 5 heteroatoms. The maximum Gasteiger partial charge on any atom is 0.0700 e. The summed E-state index contributed by atoms with van der Waals surface area (Å²) < 4.78 is 16.2. The van der Waals surface area contributed by atoms with Crippen molar-refractivity contribution in [1.29, 1.82) is 0 Å². The Labute approximate surface area is 111 Å². The molecule has 0 aliphatic carbocycles. The van der Waals surface area contributed by atoms with Gasteiger partial charge in [0.25, 0.3) is 0 Å². The number of nitrogens with zero attached hydrogens (tertiary/aromatic N) is 1. The minimum atomic E-state index is 0.433. The van der Waals surface area contributed by atoms with Crippen LogP contribution in [0.1, 0.15) is 19.3 Å². The van der Waals surface area contributed by atoms with Crippen LogP contribution in [-0.2, 0) is 14.2 Å². The molecule has 1 heterocycles. The van der Waals surface area contributed by atoms with Gasteiger partial charge in [-0.05, 0) is 25.8 Å². The number of piperidine rings is 1. The Morgan fingerprint density at radius 2 is 1.89 bits per heavy atom. The van der Waals surface area contributed by atoms with Crippen molar-refractivity contribution in [2.45, 2.75) is 25.4 Å². The molecule has 0 aromatic rings. The molecule has 0 bridgehead atoms. The lowest BCUT2D eigenvalue weighted by molar-refractivity contribution is -0.00185. The van der Waals surface area contributed by atoms with Gasteiger partial charge in [0, 0.05) is 33.4 Å². The van der Waals surface area contributed by atoms with Crippen LogP contribution in [0.15, 0.2) is 0 Å². The molecule has 108 valence electrons. The molecule has 0 unspecified atom stereocenters. The zero-order valence-corrected chi connectivity index (χ0v) is 11.6. The number of methoxy groups -OCH3 is 1. The van der Waals surface area contributed by atoms with Crippen LogP contribution in [0.2, 0.25) is 0 Å². The summed E-state index contributed by atoms with van der Waals surface area (Å²) in [7, 11) is 1.69. The first-order valence-corrected chi connectivity index (χ1v) is 6.97. The van der Waals surface area contributed by atoms with Gasteiger partial charge < -0.3 is 24.8 Å². The first-order valence-electron chi connectivity index (χ1n) is 6.97. The molecule has 0 aromatic heterocycles. The molecule has 1 fully saturated rings. The number of hydrogen-bond acceptors (Lipinski definition) is 5. The second-order valence-corrected chi connectivity index (χ2v) is 4.66. The van der Waals surface area contributed by atoms with Gasteiger partial charge in [-0.1, -0.05) is 0 Å². The van der Waals surface area contributed by atoms with E-state index in [2.05, 4.69) is 4.90 Å². The first-order chi connectivity index (χ1) is 8.86. The van der Waals surface area contributed by atoms with Crippen LogP contribution in [0.3, 0.4) is 0 Å². The molecular formula is C13H28N2O3. The average Bonchev–Trinajstić information content (AvgIpc) is 2.40. The van der Waals surface area contributed by atoms with E-state index in [4.69, 9.17) is 19.9 Å². The number of nitrogens with two attached hydrogens (primary N) is 1. The Morgan fingerprint density at radius 3 is 2.56 bits per heavy atom. The second kappa shape index (κ2) is 10.7. The molecule has 0 radical (unpaired) electrons. The zero-order valence-electron chi connectivity index (χ0n) is 11.6. The third kappa shape index (κ3) is 7.28. The van der Waals surface area contributed by atoms with Crippen molar-refractivity contribution >= 4 is 0 Å². The van der Waals surface area contributed by atoms with Crippen LogP contribution < -0.4 is 5.73 Å². The smallest absolute Gasteiger partial charge is 0.0700 e. The minimum Gasteiger partial charge on any atom is -0.382 e. The van der Waals surface area contributed by atoms with Crippen LogP contribution in [0.5, 0.6) is 0 Å². The van der Waals surface area contributed by atoms with Crippen molar-refractivity contribution in [3.63, 3.8) is 0 Å². The molecule has 5 nitrogen and oxygen atoms in total. The van der Waals surface area contributed by atoms with E-state index < -0.39 is 0 Å². The van der Waals surface area contributed by atoms with Gasteiger partial charge in [0.05, 0.1) is 25.9 Å². The topological polar surface area (TPSA) is 57.0 Å². The van der Waals surface area contributed by atoms with Crippen molar-refractivity contribution in [2.24, 2.45) is 5.73 Å². The minimum absolute atomic E-state index is 0.433. The van der Waals surface area contributed by atoms with Crippen molar-refractivity contribution in [3.05, 3.63) is 0 Å². The normalized spacial score (nSPS) is 18.3. The molecule has 0 atom stereocenters.